The summed E-state index contributed by atoms with van der Waals surface area (Å²) in [5, 5.41) is 2.22. The summed E-state index contributed by atoms with van der Waals surface area (Å²) in [6.45, 7) is 5.70. The molecule has 0 radical (unpaired) electrons. The zero-order valence-corrected chi connectivity index (χ0v) is 6.66. The molecule has 0 unspecified atom stereocenters. The van der Waals surface area contributed by atoms with Crippen molar-refractivity contribution in [3.8, 4) is 0 Å². The Morgan fingerprint density at radius 1 is 1.27 bits per heavy atom. The highest BCUT2D eigenvalue weighted by Crippen LogP contribution is 1.93. The lowest BCUT2D eigenvalue weighted by Gasteiger charge is -1.97. The van der Waals surface area contributed by atoms with E-state index in [4.69, 9.17) is 0 Å². The minimum absolute atomic E-state index is 0.995. The smallest absolute Gasteiger partial charge is 0.101 e. The van der Waals surface area contributed by atoms with E-state index in [9.17, 15) is 0 Å². The highest BCUT2D eigenvalue weighted by atomic mass is 14.8. The summed E-state index contributed by atoms with van der Waals surface area (Å²) >= 11 is 0. The van der Waals surface area contributed by atoms with E-state index in [1.54, 1.807) is 0 Å². The molecule has 0 fully saturated rings. The molecule has 11 heavy (non-hydrogen) atoms. The Morgan fingerprint density at radius 3 is 2.64 bits per heavy atom. The number of quaternary nitrogens is 1. The molecule has 0 aliphatic carbocycles. The van der Waals surface area contributed by atoms with Crippen molar-refractivity contribution in [2.24, 2.45) is 0 Å². The molecular formula is C10H14N+. The van der Waals surface area contributed by atoms with Crippen LogP contribution in [-0.4, -0.2) is 6.54 Å². The average Bonchev–Trinajstić information content (AvgIpc) is 2.07. The van der Waals surface area contributed by atoms with Gasteiger partial charge in [0.2, 0.25) is 0 Å². The number of rotatable bonds is 4. The molecule has 0 aliphatic heterocycles. The lowest BCUT2D eigenvalue weighted by atomic mass is 10.2. The molecule has 1 nitrogen and oxygen atoms in total. The van der Waals surface area contributed by atoms with Gasteiger partial charge in [-0.15, -0.1) is 0 Å². The fourth-order valence-corrected chi connectivity index (χ4v) is 0.982. The van der Waals surface area contributed by atoms with Crippen LogP contribution in [0.4, 0.5) is 0 Å². The number of nitrogens with two attached hydrogens (primary N) is 1. The van der Waals surface area contributed by atoms with Crippen LogP contribution in [0.25, 0.3) is 0 Å². The summed E-state index contributed by atoms with van der Waals surface area (Å²) < 4.78 is 0. The largest absolute Gasteiger partial charge is 0.339 e. The summed E-state index contributed by atoms with van der Waals surface area (Å²) in [7, 11) is 0. The third-order valence-electron chi connectivity index (χ3n) is 1.56. The molecule has 2 N–H and O–H groups in total. The molecule has 0 amide bonds. The van der Waals surface area contributed by atoms with Gasteiger partial charge in [0.25, 0.3) is 0 Å². The third kappa shape index (κ3) is 3.01. The predicted molar refractivity (Wildman–Crippen MR) is 47.1 cm³/mol. The zero-order valence-electron chi connectivity index (χ0n) is 6.66. The SMILES string of the molecule is C=CC[NH2+]Cc1ccccc1. The van der Waals surface area contributed by atoms with E-state index in [0.29, 0.717) is 0 Å². The van der Waals surface area contributed by atoms with Gasteiger partial charge in [0.05, 0.1) is 6.54 Å². The third-order valence-corrected chi connectivity index (χ3v) is 1.56. The molecule has 0 atom stereocenters. The quantitative estimate of drug-likeness (QED) is 0.483. The van der Waals surface area contributed by atoms with Crippen molar-refractivity contribution in [2.45, 2.75) is 6.54 Å². The van der Waals surface area contributed by atoms with Crippen molar-refractivity contribution in [1.82, 2.24) is 0 Å². The Hall–Kier alpha value is -1.08. The van der Waals surface area contributed by atoms with Gasteiger partial charge in [-0.05, 0) is 6.08 Å². The Morgan fingerprint density at radius 2 is 2.00 bits per heavy atom. The molecule has 1 aromatic rings. The maximum Gasteiger partial charge on any atom is 0.101 e. The van der Waals surface area contributed by atoms with Gasteiger partial charge in [-0.2, -0.15) is 0 Å². The summed E-state index contributed by atoms with van der Waals surface area (Å²) in [4.78, 5) is 0. The Kier molecular flexibility index (Phi) is 3.42. The molecule has 0 saturated heterocycles. The fourth-order valence-electron chi connectivity index (χ4n) is 0.982. The van der Waals surface area contributed by atoms with Gasteiger partial charge in [-0.1, -0.05) is 36.9 Å². The van der Waals surface area contributed by atoms with Crippen molar-refractivity contribution < 1.29 is 5.32 Å². The molecule has 0 aromatic heterocycles. The van der Waals surface area contributed by atoms with Gasteiger partial charge < -0.3 is 5.32 Å². The van der Waals surface area contributed by atoms with Gasteiger partial charge in [0.15, 0.2) is 0 Å². The number of hydrogen-bond donors (Lipinski definition) is 1. The first kappa shape index (κ1) is 8.02. The molecule has 1 heteroatoms. The summed E-state index contributed by atoms with van der Waals surface area (Å²) in [5.74, 6) is 0. The van der Waals surface area contributed by atoms with Crippen LogP contribution in [0.15, 0.2) is 43.0 Å². The lowest BCUT2D eigenvalue weighted by Crippen LogP contribution is -2.82. The molecule has 0 heterocycles. The van der Waals surface area contributed by atoms with E-state index in [0.717, 1.165) is 13.1 Å². The predicted octanol–water partition coefficient (Wildman–Crippen LogP) is 0.936. The Bertz CT molecular complexity index is 203. The number of hydrogen-bond acceptors (Lipinski definition) is 0. The Labute approximate surface area is 67.8 Å². The van der Waals surface area contributed by atoms with E-state index < -0.39 is 0 Å². The molecular weight excluding hydrogens is 134 g/mol. The van der Waals surface area contributed by atoms with Crippen molar-refractivity contribution in [3.05, 3.63) is 48.6 Å². The highest BCUT2D eigenvalue weighted by Gasteiger charge is 1.89. The van der Waals surface area contributed by atoms with E-state index in [2.05, 4.69) is 36.2 Å². The first-order chi connectivity index (χ1) is 5.43. The second-order valence-corrected chi connectivity index (χ2v) is 2.50. The second-order valence-electron chi connectivity index (χ2n) is 2.50. The second kappa shape index (κ2) is 4.69. The maximum atomic E-state index is 3.66. The van der Waals surface area contributed by atoms with E-state index >= 15 is 0 Å². The van der Waals surface area contributed by atoms with E-state index in [-0.39, 0.29) is 0 Å². The minimum Gasteiger partial charge on any atom is -0.339 e. The average molecular weight is 148 g/mol. The van der Waals surface area contributed by atoms with Gasteiger partial charge in [0.1, 0.15) is 6.54 Å². The van der Waals surface area contributed by atoms with Crippen LogP contribution in [0.5, 0.6) is 0 Å². The molecule has 0 spiro atoms. The van der Waals surface area contributed by atoms with Gasteiger partial charge in [-0.25, -0.2) is 0 Å². The minimum atomic E-state index is 0.995. The van der Waals surface area contributed by atoms with Crippen LogP contribution >= 0.6 is 0 Å². The van der Waals surface area contributed by atoms with E-state index in [1.165, 1.54) is 5.56 Å². The van der Waals surface area contributed by atoms with Crippen molar-refractivity contribution in [1.29, 1.82) is 0 Å². The van der Waals surface area contributed by atoms with Gasteiger partial charge >= 0.3 is 0 Å². The van der Waals surface area contributed by atoms with Crippen LogP contribution in [0, 0.1) is 0 Å². The molecule has 1 rings (SSSR count). The van der Waals surface area contributed by atoms with Crippen molar-refractivity contribution in [2.75, 3.05) is 6.54 Å². The highest BCUT2D eigenvalue weighted by molar-refractivity contribution is 5.12. The van der Waals surface area contributed by atoms with Crippen molar-refractivity contribution in [3.63, 3.8) is 0 Å². The van der Waals surface area contributed by atoms with E-state index in [1.807, 2.05) is 12.1 Å². The Balaban J connectivity index is 2.33. The maximum absolute atomic E-state index is 3.66. The summed E-state index contributed by atoms with van der Waals surface area (Å²) in [5.41, 5.74) is 1.37. The lowest BCUT2D eigenvalue weighted by molar-refractivity contribution is -0.662. The molecule has 0 saturated carbocycles. The van der Waals surface area contributed by atoms with Crippen LogP contribution in [0.3, 0.4) is 0 Å². The van der Waals surface area contributed by atoms with Crippen LogP contribution in [0.1, 0.15) is 5.56 Å². The topological polar surface area (TPSA) is 16.6 Å². The normalized spacial score (nSPS) is 9.45. The van der Waals surface area contributed by atoms with Gasteiger partial charge in [0, 0.05) is 5.56 Å². The van der Waals surface area contributed by atoms with Crippen LogP contribution < -0.4 is 5.32 Å². The molecule has 0 bridgehead atoms. The monoisotopic (exact) mass is 148 g/mol. The van der Waals surface area contributed by atoms with Gasteiger partial charge in [-0.3, -0.25) is 0 Å². The zero-order chi connectivity index (χ0) is 7.94. The fraction of sp³-hybridized carbons (Fsp3) is 0.200. The first-order valence-corrected chi connectivity index (χ1v) is 3.90. The van der Waals surface area contributed by atoms with Crippen LogP contribution in [0.2, 0.25) is 0 Å². The van der Waals surface area contributed by atoms with Crippen molar-refractivity contribution >= 4 is 0 Å². The molecule has 1 aromatic carbocycles. The standard InChI is InChI=1S/C10H13N/c1-2-8-11-9-10-6-4-3-5-7-10/h2-7,11H,1,8-9H2/p+1. The molecule has 0 aliphatic rings. The summed E-state index contributed by atoms with van der Waals surface area (Å²) in [6, 6.07) is 10.4. The summed E-state index contributed by atoms with van der Waals surface area (Å²) in [6.07, 6.45) is 1.92. The molecule has 58 valence electrons. The van der Waals surface area contributed by atoms with Crippen LogP contribution in [-0.2, 0) is 6.54 Å². The first-order valence-electron chi connectivity index (χ1n) is 3.90. The number of benzene rings is 1.